The number of hydrogen-bond acceptors (Lipinski definition) is 4. The largest absolute Gasteiger partial charge is 0.458 e. The maximum atomic E-state index is 13.3. The van der Waals surface area contributed by atoms with Crippen LogP contribution in [0.3, 0.4) is 0 Å². The van der Waals surface area contributed by atoms with Crippen LogP contribution in [-0.2, 0) is 9.53 Å². The molecular formula is C22H24FNO3. The fourth-order valence-corrected chi connectivity index (χ4v) is 3.32. The van der Waals surface area contributed by atoms with Crippen molar-refractivity contribution < 1.29 is 19.0 Å². The Kier molecular flexibility index (Phi) is 5.71. The molecule has 0 bridgehead atoms. The molecule has 1 aliphatic heterocycles. The molecule has 0 unspecified atom stereocenters. The second kappa shape index (κ2) is 8.01. The lowest BCUT2D eigenvalue weighted by atomic mass is 9.92. The molecule has 3 rings (SSSR count). The van der Waals surface area contributed by atoms with Gasteiger partial charge in [-0.2, -0.15) is 0 Å². The lowest BCUT2D eigenvalue weighted by molar-refractivity contribution is -0.156. The van der Waals surface area contributed by atoms with Crippen molar-refractivity contribution in [1.82, 2.24) is 4.98 Å². The van der Waals surface area contributed by atoms with Crippen molar-refractivity contribution in [3.8, 4) is 11.3 Å². The minimum atomic E-state index is -0.682. The first kappa shape index (κ1) is 19.2. The highest BCUT2D eigenvalue weighted by atomic mass is 19.1. The van der Waals surface area contributed by atoms with Gasteiger partial charge >= 0.3 is 5.97 Å². The van der Waals surface area contributed by atoms with Gasteiger partial charge in [0.25, 0.3) is 0 Å². The molecule has 0 aliphatic carbocycles. The van der Waals surface area contributed by atoms with E-state index >= 15 is 0 Å². The second-order valence-electron chi connectivity index (χ2n) is 7.26. The van der Waals surface area contributed by atoms with Crippen molar-refractivity contribution >= 4 is 12.0 Å². The Balaban J connectivity index is 2.05. The van der Waals surface area contributed by atoms with Crippen molar-refractivity contribution in [3.63, 3.8) is 0 Å². The molecule has 2 aromatic rings. The Morgan fingerprint density at radius 2 is 2.00 bits per heavy atom. The molecule has 1 fully saturated rings. The number of rotatable bonds is 4. The number of aliphatic hydroxyl groups excluding tert-OH is 1. The number of aryl methyl sites for hydroxylation is 1. The van der Waals surface area contributed by atoms with Gasteiger partial charge in [0.15, 0.2) is 0 Å². The number of aliphatic hydroxyl groups is 1. The van der Waals surface area contributed by atoms with Crippen LogP contribution in [0.1, 0.15) is 49.4 Å². The normalized spacial score (nSPS) is 20.3. The molecule has 0 saturated carbocycles. The van der Waals surface area contributed by atoms with E-state index < -0.39 is 18.2 Å². The number of hydrogen-bond donors (Lipinski definition) is 1. The van der Waals surface area contributed by atoms with Crippen LogP contribution in [0.5, 0.6) is 0 Å². The first-order valence-electron chi connectivity index (χ1n) is 9.16. The molecule has 1 aromatic carbocycles. The number of cyclic esters (lactones) is 1. The Labute approximate surface area is 158 Å². The van der Waals surface area contributed by atoms with Gasteiger partial charge in [0.05, 0.1) is 18.2 Å². The summed E-state index contributed by atoms with van der Waals surface area (Å²) in [5.74, 6) is -0.436. The lowest BCUT2D eigenvalue weighted by Crippen LogP contribution is -2.31. The minimum absolute atomic E-state index is 0.0362. The lowest BCUT2D eigenvalue weighted by Gasteiger charge is -2.24. The number of benzene rings is 1. The quantitative estimate of drug-likeness (QED) is 0.812. The highest BCUT2D eigenvalue weighted by Gasteiger charge is 2.25. The number of aromatic nitrogens is 1. The zero-order chi connectivity index (χ0) is 19.6. The zero-order valence-electron chi connectivity index (χ0n) is 15.8. The van der Waals surface area contributed by atoms with E-state index in [4.69, 9.17) is 4.74 Å². The molecule has 27 heavy (non-hydrogen) atoms. The highest BCUT2D eigenvalue weighted by Crippen LogP contribution is 2.31. The molecule has 0 amide bonds. The zero-order valence-corrected chi connectivity index (χ0v) is 15.8. The molecule has 2 atom stereocenters. The summed E-state index contributed by atoms with van der Waals surface area (Å²) in [6.45, 7) is 6.14. The maximum Gasteiger partial charge on any atom is 0.309 e. The Morgan fingerprint density at radius 1 is 1.30 bits per heavy atom. The Hall–Kier alpha value is -2.53. The van der Waals surface area contributed by atoms with Gasteiger partial charge in [0, 0.05) is 23.2 Å². The van der Waals surface area contributed by atoms with E-state index in [1.54, 1.807) is 18.2 Å². The van der Waals surface area contributed by atoms with Crippen molar-refractivity contribution in [1.29, 1.82) is 0 Å². The summed E-state index contributed by atoms with van der Waals surface area (Å²) in [5, 5.41) is 9.80. The summed E-state index contributed by atoms with van der Waals surface area (Å²) in [6.07, 6.45) is 2.96. The van der Waals surface area contributed by atoms with E-state index in [0.29, 0.717) is 6.42 Å². The van der Waals surface area contributed by atoms with Crippen molar-refractivity contribution in [2.45, 2.75) is 51.7 Å². The number of nitrogens with zero attached hydrogens (tertiary/aromatic N) is 1. The van der Waals surface area contributed by atoms with E-state index in [1.165, 1.54) is 12.1 Å². The Bertz CT molecular complexity index is 859. The fourth-order valence-electron chi connectivity index (χ4n) is 3.32. The van der Waals surface area contributed by atoms with Crippen molar-refractivity contribution in [3.05, 3.63) is 59.0 Å². The first-order valence-corrected chi connectivity index (χ1v) is 9.16. The van der Waals surface area contributed by atoms with Crippen LogP contribution in [-0.4, -0.2) is 28.3 Å². The molecule has 1 aliphatic rings. The van der Waals surface area contributed by atoms with Crippen LogP contribution in [0.25, 0.3) is 17.3 Å². The third kappa shape index (κ3) is 4.61. The number of esters is 1. The maximum absolute atomic E-state index is 13.3. The first-order chi connectivity index (χ1) is 12.8. The van der Waals surface area contributed by atoms with Gasteiger partial charge in [0.2, 0.25) is 0 Å². The smallest absolute Gasteiger partial charge is 0.309 e. The monoisotopic (exact) mass is 369 g/mol. The third-order valence-electron chi connectivity index (χ3n) is 4.63. The van der Waals surface area contributed by atoms with Crippen molar-refractivity contribution in [2.24, 2.45) is 0 Å². The summed E-state index contributed by atoms with van der Waals surface area (Å²) < 4.78 is 18.7. The standard InChI is InChI=1S/C22H24FNO3/c1-13(2)20-10-14(3)24-22(15-4-6-16(23)7-5-15)19(20)9-8-18-11-17(25)12-21(26)27-18/h4-10,13,17-18,25H,11-12H2,1-3H3/t17-,18-/m1/s1. The van der Waals surface area contributed by atoms with Crippen LogP contribution in [0.15, 0.2) is 36.4 Å². The third-order valence-corrected chi connectivity index (χ3v) is 4.63. The Morgan fingerprint density at radius 3 is 2.63 bits per heavy atom. The van der Waals surface area contributed by atoms with E-state index in [0.717, 1.165) is 28.1 Å². The number of ether oxygens (including phenoxy) is 1. The van der Waals surface area contributed by atoms with Gasteiger partial charge in [-0.3, -0.25) is 9.78 Å². The second-order valence-corrected chi connectivity index (χ2v) is 7.26. The van der Waals surface area contributed by atoms with Crippen LogP contribution in [0, 0.1) is 12.7 Å². The summed E-state index contributed by atoms with van der Waals surface area (Å²) in [4.78, 5) is 16.3. The van der Waals surface area contributed by atoms with Crippen LogP contribution >= 0.6 is 0 Å². The predicted octanol–water partition coefficient (Wildman–Crippen LogP) is 4.40. The molecule has 2 heterocycles. The summed E-state index contributed by atoms with van der Waals surface area (Å²) >= 11 is 0. The van der Waals surface area contributed by atoms with Crippen LogP contribution in [0.2, 0.25) is 0 Å². The van der Waals surface area contributed by atoms with Crippen molar-refractivity contribution in [2.75, 3.05) is 0 Å². The van der Waals surface area contributed by atoms with Gasteiger partial charge in [0.1, 0.15) is 11.9 Å². The van der Waals surface area contributed by atoms with E-state index in [9.17, 15) is 14.3 Å². The summed E-state index contributed by atoms with van der Waals surface area (Å²) in [5.41, 5.74) is 4.49. The molecular weight excluding hydrogens is 345 g/mol. The molecule has 1 N–H and O–H groups in total. The minimum Gasteiger partial charge on any atom is -0.458 e. The van der Waals surface area contributed by atoms with Gasteiger partial charge in [-0.15, -0.1) is 0 Å². The topological polar surface area (TPSA) is 59.4 Å². The number of carbonyl (C=O) groups is 1. The van der Waals surface area contributed by atoms with Gasteiger partial charge < -0.3 is 9.84 Å². The molecule has 1 aromatic heterocycles. The molecule has 142 valence electrons. The van der Waals surface area contributed by atoms with E-state index in [-0.39, 0.29) is 18.2 Å². The van der Waals surface area contributed by atoms with Crippen LogP contribution < -0.4 is 0 Å². The fraction of sp³-hybridized carbons (Fsp3) is 0.364. The summed E-state index contributed by atoms with van der Waals surface area (Å²) in [7, 11) is 0. The molecule has 4 nitrogen and oxygen atoms in total. The predicted molar refractivity (Wildman–Crippen MR) is 103 cm³/mol. The molecule has 0 spiro atoms. The summed E-state index contributed by atoms with van der Waals surface area (Å²) in [6, 6.07) is 8.30. The molecule has 5 heteroatoms. The number of pyridine rings is 1. The molecule has 1 saturated heterocycles. The van der Waals surface area contributed by atoms with E-state index in [1.807, 2.05) is 19.1 Å². The van der Waals surface area contributed by atoms with Crippen LogP contribution in [0.4, 0.5) is 4.39 Å². The van der Waals surface area contributed by atoms with E-state index in [2.05, 4.69) is 18.8 Å². The SMILES string of the molecule is Cc1cc(C(C)C)c(C=C[C@@H]2C[C@@H](O)CC(=O)O2)c(-c2ccc(F)cc2)n1. The van der Waals surface area contributed by atoms with Gasteiger partial charge in [-0.05, 0) is 54.8 Å². The average Bonchev–Trinajstić information content (AvgIpc) is 2.59. The number of carbonyl (C=O) groups excluding carboxylic acids is 1. The molecule has 0 radical (unpaired) electrons. The van der Waals surface area contributed by atoms with Gasteiger partial charge in [-0.25, -0.2) is 4.39 Å². The van der Waals surface area contributed by atoms with Gasteiger partial charge in [-0.1, -0.05) is 19.9 Å². The highest BCUT2D eigenvalue weighted by molar-refractivity contribution is 5.75. The average molecular weight is 369 g/mol. The number of halogens is 1.